The second kappa shape index (κ2) is 11.7. The van der Waals surface area contributed by atoms with Crippen molar-refractivity contribution in [2.75, 3.05) is 6.61 Å². The smallest absolute Gasteiger partial charge is 0.285 e. The van der Waals surface area contributed by atoms with E-state index in [4.69, 9.17) is 21.7 Å². The van der Waals surface area contributed by atoms with Gasteiger partial charge in [0.15, 0.2) is 15.8 Å². The van der Waals surface area contributed by atoms with Crippen LogP contribution in [0.5, 0.6) is 11.5 Å². The van der Waals surface area contributed by atoms with Crippen LogP contribution in [0, 0.1) is 10.1 Å². The van der Waals surface area contributed by atoms with Crippen LogP contribution in [0.4, 0.5) is 5.69 Å². The molecule has 0 aliphatic carbocycles. The number of nitro benzene ring substituents is 1. The first-order valence-electron chi connectivity index (χ1n) is 11.1. The van der Waals surface area contributed by atoms with Crippen molar-refractivity contribution < 1.29 is 24.0 Å². The molecule has 1 aliphatic heterocycles. The fourth-order valence-corrected chi connectivity index (χ4v) is 4.53. The number of carbonyl (C=O) groups is 2. The first-order chi connectivity index (χ1) is 17.9. The molecule has 0 spiro atoms. The summed E-state index contributed by atoms with van der Waals surface area (Å²) >= 11 is 6.38. The van der Waals surface area contributed by atoms with Crippen molar-refractivity contribution in [3.63, 3.8) is 0 Å². The normalized spacial score (nSPS) is 14.1. The Bertz CT molecular complexity index is 1380. The monoisotopic (exact) mass is 535 g/mol. The third-order valence-corrected chi connectivity index (χ3v) is 6.45. The van der Waals surface area contributed by atoms with Gasteiger partial charge in [-0.25, -0.2) is 0 Å². The number of nitrogens with one attached hydrogen (secondary N) is 1. The van der Waals surface area contributed by atoms with Gasteiger partial charge in [0.25, 0.3) is 17.5 Å². The molecule has 1 saturated heterocycles. The second-order valence-electron chi connectivity index (χ2n) is 7.68. The fraction of sp³-hybridized carbons (Fsp3) is 0.115. The van der Waals surface area contributed by atoms with Crippen LogP contribution in [0.2, 0.25) is 0 Å². The van der Waals surface area contributed by atoms with E-state index >= 15 is 0 Å². The predicted octanol–water partition coefficient (Wildman–Crippen LogP) is 5.12. The van der Waals surface area contributed by atoms with Crippen LogP contribution < -0.4 is 14.9 Å². The van der Waals surface area contributed by atoms with Gasteiger partial charge >= 0.3 is 0 Å². The Morgan fingerprint density at radius 1 is 1.08 bits per heavy atom. The number of rotatable bonds is 9. The average Bonchev–Trinajstić information content (AvgIpc) is 3.16. The highest BCUT2D eigenvalue weighted by Crippen LogP contribution is 2.34. The number of hydrogen-bond acceptors (Lipinski definition) is 8. The number of nitro groups is 1. The maximum Gasteiger partial charge on any atom is 0.285 e. The topological polar surface area (TPSA) is 111 Å². The van der Waals surface area contributed by atoms with Crippen molar-refractivity contribution in [1.82, 2.24) is 10.4 Å². The summed E-state index contributed by atoms with van der Waals surface area (Å²) < 4.78 is 11.8. The number of non-ortho nitro benzene ring substituents is 1. The first-order valence-corrected chi connectivity index (χ1v) is 12.3. The van der Waals surface area contributed by atoms with E-state index in [9.17, 15) is 19.7 Å². The lowest BCUT2D eigenvalue weighted by atomic mass is 10.1. The number of thiocarbonyl (C=S) groups is 1. The van der Waals surface area contributed by atoms with Crippen LogP contribution in [0.15, 0.2) is 77.7 Å². The molecule has 1 heterocycles. The summed E-state index contributed by atoms with van der Waals surface area (Å²) in [4.78, 5) is 36.1. The molecular weight excluding hydrogens is 514 g/mol. The molecule has 9 nitrogen and oxygen atoms in total. The van der Waals surface area contributed by atoms with Gasteiger partial charge in [0.2, 0.25) is 0 Å². The lowest BCUT2D eigenvalue weighted by molar-refractivity contribution is -0.384. The molecule has 188 valence electrons. The van der Waals surface area contributed by atoms with E-state index in [1.807, 2.05) is 6.92 Å². The quantitative estimate of drug-likeness (QED) is 0.174. The van der Waals surface area contributed by atoms with Crippen molar-refractivity contribution in [3.8, 4) is 11.5 Å². The molecule has 37 heavy (non-hydrogen) atoms. The Morgan fingerprint density at radius 3 is 2.49 bits per heavy atom. The lowest BCUT2D eigenvalue weighted by Crippen LogP contribution is -2.44. The van der Waals surface area contributed by atoms with Crippen LogP contribution in [-0.4, -0.2) is 32.7 Å². The molecule has 3 aromatic rings. The molecule has 0 radical (unpaired) electrons. The second-order valence-corrected chi connectivity index (χ2v) is 9.35. The molecule has 2 amide bonds. The highest BCUT2D eigenvalue weighted by atomic mass is 32.2. The predicted molar refractivity (Wildman–Crippen MR) is 144 cm³/mol. The van der Waals surface area contributed by atoms with Gasteiger partial charge in [-0.2, -0.15) is 5.01 Å². The number of ether oxygens (including phenoxy) is 2. The zero-order chi connectivity index (χ0) is 26.4. The van der Waals surface area contributed by atoms with Gasteiger partial charge in [0, 0.05) is 17.7 Å². The largest absolute Gasteiger partial charge is 0.490 e. The van der Waals surface area contributed by atoms with E-state index in [0.717, 1.165) is 22.3 Å². The molecule has 1 fully saturated rings. The van der Waals surface area contributed by atoms with Gasteiger partial charge in [-0.3, -0.25) is 25.1 Å². The average molecular weight is 536 g/mol. The lowest BCUT2D eigenvalue weighted by Gasteiger charge is -2.15. The molecule has 0 saturated carbocycles. The minimum absolute atomic E-state index is 0.00755. The third-order valence-electron chi connectivity index (χ3n) is 5.15. The molecular formula is C26H21N3O6S2. The number of hydrogen-bond donors (Lipinski definition) is 1. The highest BCUT2D eigenvalue weighted by Gasteiger charge is 2.33. The van der Waals surface area contributed by atoms with Gasteiger partial charge in [-0.15, -0.1) is 0 Å². The molecule has 3 aromatic carbocycles. The third kappa shape index (κ3) is 6.32. The Hall–Kier alpha value is -4.22. The van der Waals surface area contributed by atoms with Gasteiger partial charge in [0.1, 0.15) is 6.61 Å². The maximum absolute atomic E-state index is 12.9. The summed E-state index contributed by atoms with van der Waals surface area (Å²) in [5.74, 6) is 0.0908. The van der Waals surface area contributed by atoms with Gasteiger partial charge in [-0.05, 0) is 72.7 Å². The van der Waals surface area contributed by atoms with Crippen molar-refractivity contribution in [2.24, 2.45) is 0 Å². The molecule has 11 heteroatoms. The summed E-state index contributed by atoms with van der Waals surface area (Å²) in [6.07, 6.45) is 1.66. The van der Waals surface area contributed by atoms with Crippen LogP contribution >= 0.6 is 24.0 Å². The highest BCUT2D eigenvalue weighted by molar-refractivity contribution is 8.26. The molecule has 4 rings (SSSR count). The zero-order valence-corrected chi connectivity index (χ0v) is 21.2. The standard InChI is InChI=1S/C26H21N3O6S2/c1-2-34-22-14-18(10-13-21(22)35-16-17-8-11-20(12-9-17)29(32)33)15-23-25(31)28(26(36)37-23)27-24(30)19-6-4-3-5-7-19/h3-15H,2,16H2,1H3,(H,27,30)/b23-15+. The molecule has 0 atom stereocenters. The minimum atomic E-state index is -0.457. The number of thioether (sulfide) groups is 1. The number of carbonyl (C=O) groups excluding carboxylic acids is 2. The molecule has 0 unspecified atom stereocenters. The van der Waals surface area contributed by atoms with Crippen molar-refractivity contribution in [2.45, 2.75) is 13.5 Å². The summed E-state index contributed by atoms with van der Waals surface area (Å²) in [6.45, 7) is 2.43. The molecule has 0 aromatic heterocycles. The summed E-state index contributed by atoms with van der Waals surface area (Å²) in [5, 5.41) is 11.9. The summed E-state index contributed by atoms with van der Waals surface area (Å²) in [6, 6.07) is 19.9. The van der Waals surface area contributed by atoms with E-state index < -0.39 is 16.7 Å². The Morgan fingerprint density at radius 2 is 1.81 bits per heavy atom. The van der Waals surface area contributed by atoms with E-state index in [1.54, 1.807) is 66.7 Å². The Labute approximate surface area is 222 Å². The number of benzene rings is 3. The van der Waals surface area contributed by atoms with Crippen molar-refractivity contribution in [1.29, 1.82) is 0 Å². The zero-order valence-electron chi connectivity index (χ0n) is 19.6. The van der Waals surface area contributed by atoms with E-state index in [1.165, 1.54) is 12.1 Å². The van der Waals surface area contributed by atoms with Crippen molar-refractivity contribution >= 4 is 51.9 Å². The van der Waals surface area contributed by atoms with Crippen LogP contribution in [-0.2, 0) is 11.4 Å². The Balaban J connectivity index is 1.47. The van der Waals surface area contributed by atoms with Crippen molar-refractivity contribution in [3.05, 3.63) is 105 Å². The number of nitrogens with zero attached hydrogens (tertiary/aromatic N) is 2. The summed E-state index contributed by atoms with van der Waals surface area (Å²) in [5.41, 5.74) is 4.41. The number of hydrazine groups is 1. The first kappa shape index (κ1) is 25.9. The van der Waals surface area contributed by atoms with Crippen LogP contribution in [0.25, 0.3) is 6.08 Å². The fourth-order valence-electron chi connectivity index (χ4n) is 3.35. The van der Waals surface area contributed by atoms with E-state index in [-0.39, 0.29) is 16.6 Å². The SMILES string of the molecule is CCOc1cc(/C=C2/SC(=S)N(NC(=O)c3ccccc3)C2=O)ccc1OCc1ccc([N+](=O)[O-])cc1. The van der Waals surface area contributed by atoms with E-state index in [0.29, 0.717) is 34.1 Å². The van der Waals surface area contributed by atoms with Crippen LogP contribution in [0.1, 0.15) is 28.4 Å². The molecule has 1 N–H and O–H groups in total. The van der Waals surface area contributed by atoms with Gasteiger partial charge < -0.3 is 9.47 Å². The molecule has 1 aliphatic rings. The summed E-state index contributed by atoms with van der Waals surface area (Å²) in [7, 11) is 0. The minimum Gasteiger partial charge on any atom is -0.490 e. The maximum atomic E-state index is 12.9. The van der Waals surface area contributed by atoms with Gasteiger partial charge in [0.05, 0.1) is 16.4 Å². The van der Waals surface area contributed by atoms with Gasteiger partial charge in [-0.1, -0.05) is 36.0 Å². The van der Waals surface area contributed by atoms with Crippen LogP contribution in [0.3, 0.4) is 0 Å². The van der Waals surface area contributed by atoms with E-state index in [2.05, 4.69) is 5.43 Å². The Kier molecular flexibility index (Phi) is 8.16. The molecule has 0 bridgehead atoms. The number of amides is 2.